The van der Waals surface area contributed by atoms with Crippen LogP contribution in [0.15, 0.2) is 40.9 Å². The van der Waals surface area contributed by atoms with Crippen LogP contribution in [-0.2, 0) is 11.2 Å². The van der Waals surface area contributed by atoms with Gasteiger partial charge in [-0.15, -0.1) is 0 Å². The van der Waals surface area contributed by atoms with Crippen molar-refractivity contribution in [3.63, 3.8) is 0 Å². The number of benzene rings is 2. The molecule has 3 aromatic rings. The van der Waals surface area contributed by atoms with Crippen molar-refractivity contribution in [1.82, 2.24) is 5.16 Å². The third-order valence-corrected chi connectivity index (χ3v) is 3.33. The molecule has 1 heterocycles. The van der Waals surface area contributed by atoms with E-state index in [1.807, 2.05) is 0 Å². The van der Waals surface area contributed by atoms with Crippen molar-refractivity contribution in [2.75, 3.05) is 0 Å². The lowest BCUT2D eigenvalue weighted by molar-refractivity contribution is -0.134. The number of rotatable bonds is 4. The number of esters is 1. The summed E-state index contributed by atoms with van der Waals surface area (Å²) in [4.78, 5) is 11.8. The van der Waals surface area contributed by atoms with Gasteiger partial charge in [0.05, 0.1) is 0 Å². The molecule has 0 radical (unpaired) electrons. The second-order valence-electron chi connectivity index (χ2n) is 5.09. The Kier molecular flexibility index (Phi) is 4.70. The molecule has 134 valence electrons. The Hall–Kier alpha value is -3.23. The Morgan fingerprint density at radius 3 is 2.12 bits per heavy atom. The monoisotopic (exact) mass is 369 g/mol. The first kappa shape index (κ1) is 17.6. The summed E-state index contributed by atoms with van der Waals surface area (Å²) in [5, 5.41) is 3.72. The van der Waals surface area contributed by atoms with E-state index in [1.165, 1.54) is 6.07 Å². The third-order valence-electron chi connectivity index (χ3n) is 3.33. The molecule has 0 amide bonds. The van der Waals surface area contributed by atoms with Crippen LogP contribution in [0.2, 0.25) is 0 Å². The molecule has 0 bridgehead atoms. The molecule has 0 spiro atoms. The average molecular weight is 369 g/mol. The van der Waals surface area contributed by atoms with Gasteiger partial charge < -0.3 is 9.26 Å². The molecule has 0 aliphatic heterocycles. The maximum absolute atomic E-state index is 13.5. The summed E-state index contributed by atoms with van der Waals surface area (Å²) in [6.07, 6.45) is -0.626. The van der Waals surface area contributed by atoms with E-state index < -0.39 is 47.2 Å². The molecular weight excluding hydrogens is 361 g/mol. The van der Waals surface area contributed by atoms with Crippen LogP contribution < -0.4 is 4.74 Å². The van der Waals surface area contributed by atoms with E-state index in [2.05, 4.69) is 9.89 Å². The highest BCUT2D eigenvalue weighted by molar-refractivity contribution is 5.75. The van der Waals surface area contributed by atoms with E-state index >= 15 is 0 Å². The number of halogens is 5. The molecule has 3 rings (SSSR count). The Morgan fingerprint density at radius 1 is 0.923 bits per heavy atom. The molecule has 0 fully saturated rings. The number of ether oxygens (including phenoxy) is 1. The number of carbonyl (C=O) groups is 1. The summed E-state index contributed by atoms with van der Waals surface area (Å²) >= 11 is 0. The van der Waals surface area contributed by atoms with Crippen molar-refractivity contribution < 1.29 is 36.0 Å². The highest BCUT2D eigenvalue weighted by Crippen LogP contribution is 2.29. The Labute approximate surface area is 142 Å². The van der Waals surface area contributed by atoms with E-state index in [0.717, 1.165) is 0 Å². The first-order valence-electron chi connectivity index (χ1n) is 7.11. The van der Waals surface area contributed by atoms with Gasteiger partial charge in [-0.3, -0.25) is 4.79 Å². The minimum Gasteiger partial charge on any atom is -0.420 e. The van der Waals surface area contributed by atoms with Crippen LogP contribution in [0.1, 0.15) is 5.76 Å². The lowest BCUT2D eigenvalue weighted by Gasteiger charge is -2.08. The largest absolute Gasteiger partial charge is 0.420 e. The molecule has 0 saturated carbocycles. The molecule has 0 N–H and O–H groups in total. The van der Waals surface area contributed by atoms with E-state index in [-0.39, 0.29) is 5.76 Å². The Morgan fingerprint density at radius 2 is 1.50 bits per heavy atom. The van der Waals surface area contributed by atoms with E-state index in [9.17, 15) is 26.7 Å². The molecule has 0 atom stereocenters. The number of hydrogen-bond donors (Lipinski definition) is 0. The molecule has 0 aliphatic rings. The van der Waals surface area contributed by atoms with Crippen LogP contribution in [-0.4, -0.2) is 11.1 Å². The highest BCUT2D eigenvalue weighted by Gasteiger charge is 2.28. The molecule has 9 heteroatoms. The average Bonchev–Trinajstić information content (AvgIpc) is 3.11. The fraction of sp³-hybridized carbons (Fsp3) is 0.0588. The minimum absolute atomic E-state index is 0.0160. The molecule has 0 unspecified atom stereocenters. The van der Waals surface area contributed by atoms with Crippen LogP contribution in [0.25, 0.3) is 11.3 Å². The molecule has 26 heavy (non-hydrogen) atoms. The van der Waals surface area contributed by atoms with Gasteiger partial charge in [-0.25, -0.2) is 13.2 Å². The van der Waals surface area contributed by atoms with Gasteiger partial charge in [-0.05, 0) is 0 Å². The van der Waals surface area contributed by atoms with Crippen molar-refractivity contribution >= 4 is 5.97 Å². The van der Waals surface area contributed by atoms with Gasteiger partial charge in [0.1, 0.15) is 17.9 Å². The van der Waals surface area contributed by atoms with Crippen molar-refractivity contribution in [3.8, 4) is 17.0 Å². The van der Waals surface area contributed by atoms with E-state index in [0.29, 0.717) is 11.3 Å². The van der Waals surface area contributed by atoms with Gasteiger partial charge in [0, 0.05) is 11.6 Å². The lowest BCUT2D eigenvalue weighted by Crippen LogP contribution is -2.15. The zero-order valence-electron chi connectivity index (χ0n) is 12.7. The summed E-state index contributed by atoms with van der Waals surface area (Å²) in [5.74, 6) is -14.2. The van der Waals surface area contributed by atoms with Gasteiger partial charge in [-0.1, -0.05) is 35.5 Å². The van der Waals surface area contributed by atoms with E-state index in [4.69, 9.17) is 4.52 Å². The fourth-order valence-corrected chi connectivity index (χ4v) is 2.11. The molecule has 4 nitrogen and oxygen atoms in total. The number of carbonyl (C=O) groups excluding carboxylic acids is 1. The van der Waals surface area contributed by atoms with Crippen molar-refractivity contribution in [3.05, 3.63) is 71.2 Å². The van der Waals surface area contributed by atoms with Gasteiger partial charge in [0.2, 0.25) is 34.8 Å². The molecule has 0 aliphatic carbocycles. The molecule has 0 saturated heterocycles. The second kappa shape index (κ2) is 6.95. The quantitative estimate of drug-likeness (QED) is 0.228. The minimum atomic E-state index is -2.34. The van der Waals surface area contributed by atoms with Crippen LogP contribution in [0, 0.1) is 29.1 Å². The zero-order chi connectivity index (χ0) is 18.8. The normalized spacial score (nSPS) is 10.8. The van der Waals surface area contributed by atoms with Crippen molar-refractivity contribution in [2.45, 2.75) is 6.42 Å². The SMILES string of the molecule is O=C(Cc1cc(-c2ccccc2)no1)Oc1c(F)c(F)c(F)c(F)c1F. The van der Waals surface area contributed by atoms with Crippen LogP contribution in [0.3, 0.4) is 0 Å². The fourth-order valence-electron chi connectivity index (χ4n) is 2.11. The number of aromatic nitrogens is 1. The van der Waals surface area contributed by atoms with Gasteiger partial charge in [-0.2, -0.15) is 8.78 Å². The number of nitrogens with zero attached hydrogens (tertiary/aromatic N) is 1. The Bertz CT molecular complexity index is 943. The predicted molar refractivity (Wildman–Crippen MR) is 77.5 cm³/mol. The summed E-state index contributed by atoms with van der Waals surface area (Å²) in [5.41, 5.74) is 1.08. The van der Waals surface area contributed by atoms with E-state index in [1.54, 1.807) is 30.3 Å². The summed E-state index contributed by atoms with van der Waals surface area (Å²) in [6, 6.07) is 10.1. The van der Waals surface area contributed by atoms with Crippen LogP contribution in [0.5, 0.6) is 5.75 Å². The van der Waals surface area contributed by atoms with Gasteiger partial charge in [0.15, 0.2) is 0 Å². The van der Waals surface area contributed by atoms with Crippen molar-refractivity contribution in [2.24, 2.45) is 0 Å². The summed E-state index contributed by atoms with van der Waals surface area (Å²) in [6.45, 7) is 0. The van der Waals surface area contributed by atoms with Crippen LogP contribution in [0.4, 0.5) is 22.0 Å². The first-order valence-corrected chi connectivity index (χ1v) is 7.11. The molecular formula is C17H8F5NO3. The lowest BCUT2D eigenvalue weighted by atomic mass is 10.1. The standard InChI is InChI=1S/C17H8F5NO3/c18-12-13(19)15(21)17(16(22)14(12)20)25-11(24)7-9-6-10(23-26-9)8-4-2-1-3-5-8/h1-6H,7H2. The predicted octanol–water partition coefficient (Wildman–Crippen LogP) is 4.19. The summed E-state index contributed by atoms with van der Waals surface area (Å²) in [7, 11) is 0. The zero-order valence-corrected chi connectivity index (χ0v) is 12.7. The smallest absolute Gasteiger partial charge is 0.319 e. The second-order valence-corrected chi connectivity index (χ2v) is 5.09. The highest BCUT2D eigenvalue weighted by atomic mass is 19.2. The van der Waals surface area contributed by atoms with Gasteiger partial charge >= 0.3 is 5.97 Å². The third kappa shape index (κ3) is 3.28. The van der Waals surface area contributed by atoms with Gasteiger partial charge in [0.25, 0.3) is 0 Å². The summed E-state index contributed by atoms with van der Waals surface area (Å²) < 4.78 is 75.3. The number of hydrogen-bond acceptors (Lipinski definition) is 4. The van der Waals surface area contributed by atoms with Crippen LogP contribution >= 0.6 is 0 Å². The molecule has 2 aromatic carbocycles. The maximum Gasteiger partial charge on any atom is 0.319 e. The topological polar surface area (TPSA) is 52.3 Å². The molecule has 1 aromatic heterocycles. The van der Waals surface area contributed by atoms with Crippen molar-refractivity contribution in [1.29, 1.82) is 0 Å². The maximum atomic E-state index is 13.5. The first-order chi connectivity index (χ1) is 12.4. The Balaban J connectivity index is 1.78.